The Labute approximate surface area is 138 Å². The van der Waals surface area contributed by atoms with Gasteiger partial charge in [-0.25, -0.2) is 0 Å². The molecule has 2 heteroatoms. The predicted molar refractivity (Wildman–Crippen MR) is 95.2 cm³/mol. The Morgan fingerprint density at radius 3 is 1.55 bits per heavy atom. The minimum atomic E-state index is 0.318. The van der Waals surface area contributed by atoms with Crippen LogP contribution in [0.5, 0.6) is 0 Å². The lowest BCUT2D eigenvalue weighted by molar-refractivity contribution is -0.111. The highest BCUT2D eigenvalue weighted by atomic mass is 16.1. The van der Waals surface area contributed by atoms with Crippen molar-refractivity contribution in [2.24, 2.45) is 5.92 Å². The van der Waals surface area contributed by atoms with Crippen molar-refractivity contribution in [1.29, 1.82) is 0 Å². The first-order valence-electron chi connectivity index (χ1n) is 9.74. The summed E-state index contributed by atoms with van der Waals surface area (Å²) in [6.07, 6.45) is 21.6. The van der Waals surface area contributed by atoms with Crippen LogP contribution >= 0.6 is 0 Å². The fourth-order valence-corrected chi connectivity index (χ4v) is 2.99. The number of hydrogen-bond donors (Lipinski definition) is 0. The fraction of sp³-hybridized carbons (Fsp3) is 0.900. The van der Waals surface area contributed by atoms with Crippen molar-refractivity contribution in [3.63, 3.8) is 0 Å². The molecule has 0 aromatic heterocycles. The molecular formula is C20H38O2. The van der Waals surface area contributed by atoms with Crippen LogP contribution < -0.4 is 0 Å². The number of unbranched alkanes of at least 4 members (excludes halogenated alkanes) is 12. The van der Waals surface area contributed by atoms with Gasteiger partial charge in [0, 0.05) is 12.3 Å². The Hall–Kier alpha value is -0.660. The highest BCUT2D eigenvalue weighted by Gasteiger charge is 2.06. The molecule has 1 unspecified atom stereocenters. The molecule has 0 radical (unpaired) electrons. The molecular weight excluding hydrogens is 272 g/mol. The maximum Gasteiger partial charge on any atom is 0.123 e. The van der Waals surface area contributed by atoms with Gasteiger partial charge in [-0.3, -0.25) is 0 Å². The molecule has 130 valence electrons. The van der Waals surface area contributed by atoms with E-state index in [4.69, 9.17) is 0 Å². The number of hydrogen-bond acceptors (Lipinski definition) is 2. The second kappa shape index (κ2) is 18.4. The molecule has 22 heavy (non-hydrogen) atoms. The van der Waals surface area contributed by atoms with Crippen LogP contribution in [0.2, 0.25) is 0 Å². The van der Waals surface area contributed by atoms with Crippen molar-refractivity contribution in [2.45, 2.75) is 110 Å². The molecule has 0 spiro atoms. The van der Waals surface area contributed by atoms with Crippen LogP contribution in [-0.2, 0) is 9.59 Å². The molecule has 0 aliphatic heterocycles. The molecule has 0 rings (SSSR count). The van der Waals surface area contributed by atoms with E-state index in [0.717, 1.165) is 32.0 Å². The standard InChI is InChI=1S/C20H38O2/c1-2-3-13-16-20(19-22)17-14-11-9-7-5-4-6-8-10-12-15-18-21/h18-20H,2-17H2,1H3. The molecule has 0 aromatic rings. The Balaban J connectivity index is 3.21. The average molecular weight is 311 g/mol. The van der Waals surface area contributed by atoms with Crippen molar-refractivity contribution >= 4 is 12.6 Å². The summed E-state index contributed by atoms with van der Waals surface area (Å²) in [6.45, 7) is 2.21. The highest BCUT2D eigenvalue weighted by Crippen LogP contribution is 2.17. The highest BCUT2D eigenvalue weighted by molar-refractivity contribution is 5.53. The smallest absolute Gasteiger partial charge is 0.123 e. The second-order valence-electron chi connectivity index (χ2n) is 6.67. The quantitative estimate of drug-likeness (QED) is 0.221. The summed E-state index contributed by atoms with van der Waals surface area (Å²) in [5, 5.41) is 0. The third kappa shape index (κ3) is 15.7. The van der Waals surface area contributed by atoms with Gasteiger partial charge >= 0.3 is 0 Å². The molecule has 0 aliphatic carbocycles. The number of carbonyl (C=O) groups excluding carboxylic acids is 2. The van der Waals surface area contributed by atoms with Gasteiger partial charge in [0.25, 0.3) is 0 Å². The molecule has 0 aliphatic rings. The summed E-state index contributed by atoms with van der Waals surface area (Å²) in [7, 11) is 0. The minimum absolute atomic E-state index is 0.318. The Kier molecular flexibility index (Phi) is 17.8. The van der Waals surface area contributed by atoms with E-state index >= 15 is 0 Å². The van der Waals surface area contributed by atoms with E-state index in [1.165, 1.54) is 83.3 Å². The van der Waals surface area contributed by atoms with Gasteiger partial charge in [-0.15, -0.1) is 0 Å². The summed E-state index contributed by atoms with van der Waals surface area (Å²) in [6, 6.07) is 0. The van der Waals surface area contributed by atoms with Crippen LogP contribution in [0.25, 0.3) is 0 Å². The third-order valence-electron chi connectivity index (χ3n) is 4.52. The van der Waals surface area contributed by atoms with E-state index in [9.17, 15) is 9.59 Å². The van der Waals surface area contributed by atoms with Crippen LogP contribution in [0.15, 0.2) is 0 Å². The van der Waals surface area contributed by atoms with E-state index in [-0.39, 0.29) is 0 Å². The third-order valence-corrected chi connectivity index (χ3v) is 4.52. The molecule has 0 fully saturated rings. The lowest BCUT2D eigenvalue weighted by atomic mass is 9.96. The zero-order valence-electron chi connectivity index (χ0n) is 14.9. The monoisotopic (exact) mass is 310 g/mol. The maximum absolute atomic E-state index is 11.0. The molecule has 0 heterocycles. The van der Waals surface area contributed by atoms with E-state index in [0.29, 0.717) is 5.92 Å². The molecule has 0 bridgehead atoms. The van der Waals surface area contributed by atoms with Crippen molar-refractivity contribution in [3.05, 3.63) is 0 Å². The lowest BCUT2D eigenvalue weighted by Crippen LogP contribution is -2.02. The maximum atomic E-state index is 11.0. The molecule has 0 N–H and O–H groups in total. The summed E-state index contributed by atoms with van der Waals surface area (Å²) in [5.74, 6) is 0.318. The molecule has 0 aromatic carbocycles. The summed E-state index contributed by atoms with van der Waals surface area (Å²) in [5.41, 5.74) is 0. The topological polar surface area (TPSA) is 34.1 Å². The van der Waals surface area contributed by atoms with Crippen LogP contribution in [0.4, 0.5) is 0 Å². The van der Waals surface area contributed by atoms with Crippen LogP contribution in [0, 0.1) is 5.92 Å². The lowest BCUT2D eigenvalue weighted by Gasteiger charge is -2.09. The molecule has 0 amide bonds. The van der Waals surface area contributed by atoms with Gasteiger partial charge in [0.05, 0.1) is 0 Å². The van der Waals surface area contributed by atoms with Gasteiger partial charge < -0.3 is 9.59 Å². The van der Waals surface area contributed by atoms with Gasteiger partial charge in [-0.1, -0.05) is 84.0 Å². The number of carbonyl (C=O) groups is 2. The largest absolute Gasteiger partial charge is 0.303 e. The van der Waals surface area contributed by atoms with Gasteiger partial charge in [0.15, 0.2) is 0 Å². The summed E-state index contributed by atoms with van der Waals surface area (Å²) < 4.78 is 0. The van der Waals surface area contributed by atoms with Crippen molar-refractivity contribution in [1.82, 2.24) is 0 Å². The average Bonchev–Trinajstić information content (AvgIpc) is 2.54. The van der Waals surface area contributed by atoms with Crippen molar-refractivity contribution in [3.8, 4) is 0 Å². The molecule has 1 atom stereocenters. The second-order valence-corrected chi connectivity index (χ2v) is 6.67. The zero-order chi connectivity index (χ0) is 16.3. The van der Waals surface area contributed by atoms with Gasteiger partial charge in [-0.05, 0) is 19.3 Å². The Morgan fingerprint density at radius 1 is 0.636 bits per heavy atom. The molecule has 0 saturated heterocycles. The van der Waals surface area contributed by atoms with Crippen molar-refractivity contribution in [2.75, 3.05) is 0 Å². The predicted octanol–water partition coefficient (Wildman–Crippen LogP) is 6.26. The van der Waals surface area contributed by atoms with E-state index in [2.05, 4.69) is 6.92 Å². The van der Waals surface area contributed by atoms with E-state index < -0.39 is 0 Å². The first-order chi connectivity index (χ1) is 10.8. The van der Waals surface area contributed by atoms with Crippen LogP contribution in [-0.4, -0.2) is 12.6 Å². The zero-order valence-corrected chi connectivity index (χ0v) is 14.9. The summed E-state index contributed by atoms with van der Waals surface area (Å²) in [4.78, 5) is 21.2. The summed E-state index contributed by atoms with van der Waals surface area (Å²) >= 11 is 0. The SMILES string of the molecule is CCCCCC(C=O)CCCCCCCCCCCCC=O. The fourth-order valence-electron chi connectivity index (χ4n) is 2.99. The van der Waals surface area contributed by atoms with Gasteiger partial charge in [0.2, 0.25) is 0 Å². The number of aldehydes is 2. The molecule has 2 nitrogen and oxygen atoms in total. The first kappa shape index (κ1) is 21.3. The van der Waals surface area contributed by atoms with Gasteiger partial charge in [-0.2, -0.15) is 0 Å². The van der Waals surface area contributed by atoms with Gasteiger partial charge in [0.1, 0.15) is 12.6 Å². The van der Waals surface area contributed by atoms with Crippen LogP contribution in [0.1, 0.15) is 110 Å². The Morgan fingerprint density at radius 2 is 1.09 bits per heavy atom. The minimum Gasteiger partial charge on any atom is -0.303 e. The van der Waals surface area contributed by atoms with Crippen LogP contribution in [0.3, 0.4) is 0 Å². The number of rotatable bonds is 18. The van der Waals surface area contributed by atoms with E-state index in [1.807, 2.05) is 0 Å². The normalized spacial score (nSPS) is 12.2. The van der Waals surface area contributed by atoms with Crippen molar-refractivity contribution < 1.29 is 9.59 Å². The van der Waals surface area contributed by atoms with E-state index in [1.54, 1.807) is 0 Å². The first-order valence-corrected chi connectivity index (χ1v) is 9.74. The molecule has 0 saturated carbocycles. The Bertz CT molecular complexity index is 238.